The second-order valence-corrected chi connectivity index (χ2v) is 6.31. The maximum atomic E-state index is 12.4. The first-order chi connectivity index (χ1) is 12.7. The van der Waals surface area contributed by atoms with E-state index < -0.39 is 0 Å². The van der Waals surface area contributed by atoms with Crippen molar-refractivity contribution >= 4 is 5.91 Å². The lowest BCUT2D eigenvalue weighted by Crippen LogP contribution is -2.33. The summed E-state index contributed by atoms with van der Waals surface area (Å²) in [5.41, 5.74) is 2.88. The van der Waals surface area contributed by atoms with Gasteiger partial charge in [-0.1, -0.05) is 42.5 Å². The molecule has 1 aromatic heterocycles. The van der Waals surface area contributed by atoms with Crippen molar-refractivity contribution in [1.29, 1.82) is 0 Å². The van der Waals surface area contributed by atoms with Gasteiger partial charge < -0.3 is 15.2 Å². The molecule has 0 saturated heterocycles. The molecule has 1 amide bonds. The van der Waals surface area contributed by atoms with E-state index in [1.54, 1.807) is 12.4 Å². The first-order valence-electron chi connectivity index (χ1n) is 8.83. The van der Waals surface area contributed by atoms with E-state index in [1.165, 1.54) is 5.56 Å². The van der Waals surface area contributed by atoms with Gasteiger partial charge in [-0.25, -0.2) is 4.98 Å². The zero-order valence-electron chi connectivity index (χ0n) is 15.0. The molecule has 0 atom stereocenters. The van der Waals surface area contributed by atoms with Crippen LogP contribution >= 0.6 is 0 Å². The van der Waals surface area contributed by atoms with Crippen molar-refractivity contribution < 1.29 is 4.79 Å². The molecule has 0 saturated carbocycles. The van der Waals surface area contributed by atoms with Crippen molar-refractivity contribution in [3.05, 3.63) is 78.1 Å². The highest BCUT2D eigenvalue weighted by Crippen LogP contribution is 2.15. The fourth-order valence-electron chi connectivity index (χ4n) is 2.77. The average Bonchev–Trinajstić information content (AvgIpc) is 3.22. The molecule has 3 rings (SSSR count). The Balaban J connectivity index is 1.44. The predicted molar refractivity (Wildman–Crippen MR) is 104 cm³/mol. The van der Waals surface area contributed by atoms with E-state index in [0.29, 0.717) is 12.1 Å². The Hall–Kier alpha value is -2.92. The molecule has 2 N–H and O–H groups in total. The third kappa shape index (κ3) is 5.04. The second-order valence-electron chi connectivity index (χ2n) is 6.31. The van der Waals surface area contributed by atoms with E-state index in [2.05, 4.69) is 51.5 Å². The van der Waals surface area contributed by atoms with Crippen LogP contribution in [0.4, 0.5) is 0 Å². The highest BCUT2D eigenvalue weighted by atomic mass is 16.1. The molecule has 0 radical (unpaired) electrons. The number of benzene rings is 2. The van der Waals surface area contributed by atoms with Crippen molar-refractivity contribution in [2.75, 3.05) is 26.7 Å². The molecule has 3 aromatic rings. The number of imidazole rings is 1. The summed E-state index contributed by atoms with van der Waals surface area (Å²) >= 11 is 0. The number of aromatic amines is 1. The smallest absolute Gasteiger partial charge is 0.251 e. The van der Waals surface area contributed by atoms with E-state index >= 15 is 0 Å². The molecule has 5 nitrogen and oxygen atoms in total. The zero-order chi connectivity index (χ0) is 18.2. The fraction of sp³-hybridized carbons (Fsp3) is 0.238. The van der Waals surface area contributed by atoms with Crippen LogP contribution < -0.4 is 5.32 Å². The van der Waals surface area contributed by atoms with Crippen molar-refractivity contribution in [3.8, 4) is 11.4 Å². The number of nitrogens with zero attached hydrogens (tertiary/aromatic N) is 2. The van der Waals surface area contributed by atoms with Crippen molar-refractivity contribution in [3.63, 3.8) is 0 Å². The lowest BCUT2D eigenvalue weighted by Gasteiger charge is -2.17. The summed E-state index contributed by atoms with van der Waals surface area (Å²) in [5, 5.41) is 2.99. The molecule has 0 aliphatic rings. The molecule has 0 spiro atoms. The first-order valence-corrected chi connectivity index (χ1v) is 8.83. The van der Waals surface area contributed by atoms with Gasteiger partial charge in [-0.15, -0.1) is 0 Å². The lowest BCUT2D eigenvalue weighted by atomic mass is 10.1. The zero-order valence-corrected chi connectivity index (χ0v) is 15.0. The normalized spacial score (nSPS) is 10.8. The summed E-state index contributed by atoms with van der Waals surface area (Å²) in [6, 6.07) is 17.9. The summed E-state index contributed by atoms with van der Waals surface area (Å²) < 4.78 is 0. The molecule has 26 heavy (non-hydrogen) atoms. The van der Waals surface area contributed by atoms with Crippen LogP contribution in [0.2, 0.25) is 0 Å². The van der Waals surface area contributed by atoms with E-state index in [1.807, 2.05) is 30.3 Å². The number of likely N-dealkylation sites (N-methyl/N-ethyl adjacent to an activating group) is 1. The highest BCUT2D eigenvalue weighted by Gasteiger charge is 2.08. The van der Waals surface area contributed by atoms with Gasteiger partial charge in [0, 0.05) is 43.2 Å². The summed E-state index contributed by atoms with van der Waals surface area (Å²) in [5.74, 6) is 0.704. The van der Waals surface area contributed by atoms with Gasteiger partial charge in [0.1, 0.15) is 5.82 Å². The third-order valence-corrected chi connectivity index (χ3v) is 4.30. The standard InChI is InChI=1S/C21H24N4O/c1-25(14-10-17-6-3-2-4-7-17)15-13-24-21(26)19-9-5-8-18(16-19)20-22-11-12-23-20/h2-9,11-12,16H,10,13-15H2,1H3,(H,22,23)(H,24,26). The van der Waals surface area contributed by atoms with Crippen molar-refractivity contribution in [2.24, 2.45) is 0 Å². The molecule has 0 bridgehead atoms. The minimum Gasteiger partial charge on any atom is -0.351 e. The molecule has 5 heteroatoms. The summed E-state index contributed by atoms with van der Waals surface area (Å²) in [7, 11) is 2.08. The number of H-pyrrole nitrogens is 1. The molecule has 0 fully saturated rings. The van der Waals surface area contributed by atoms with E-state index in [9.17, 15) is 4.79 Å². The van der Waals surface area contributed by atoms with Gasteiger partial charge in [-0.2, -0.15) is 0 Å². The van der Waals surface area contributed by atoms with Crippen LogP contribution in [0.3, 0.4) is 0 Å². The maximum absolute atomic E-state index is 12.4. The molecular formula is C21H24N4O. The van der Waals surface area contributed by atoms with Gasteiger partial charge in [0.15, 0.2) is 0 Å². The number of rotatable bonds is 8. The molecule has 0 unspecified atom stereocenters. The number of aromatic nitrogens is 2. The summed E-state index contributed by atoms with van der Waals surface area (Å²) in [6.07, 6.45) is 4.48. The van der Waals surface area contributed by atoms with Crippen LogP contribution in [0, 0.1) is 0 Å². The van der Waals surface area contributed by atoms with Gasteiger partial charge >= 0.3 is 0 Å². The molecule has 1 heterocycles. The molecule has 0 aliphatic heterocycles. The monoisotopic (exact) mass is 348 g/mol. The molecule has 134 valence electrons. The Labute approximate surface area is 154 Å². The second kappa shape index (κ2) is 8.97. The quantitative estimate of drug-likeness (QED) is 0.658. The predicted octanol–water partition coefficient (Wildman–Crippen LogP) is 2.98. The van der Waals surface area contributed by atoms with Crippen molar-refractivity contribution in [1.82, 2.24) is 20.2 Å². The van der Waals surface area contributed by atoms with Crippen LogP contribution in [-0.4, -0.2) is 47.5 Å². The van der Waals surface area contributed by atoms with Crippen LogP contribution in [0.15, 0.2) is 67.0 Å². The van der Waals surface area contributed by atoms with Gasteiger partial charge in [-0.05, 0) is 31.2 Å². The molecule has 2 aromatic carbocycles. The number of carbonyl (C=O) groups is 1. The van der Waals surface area contributed by atoms with Crippen LogP contribution in [0.1, 0.15) is 15.9 Å². The van der Waals surface area contributed by atoms with E-state index in [0.717, 1.165) is 30.9 Å². The maximum Gasteiger partial charge on any atom is 0.251 e. The van der Waals surface area contributed by atoms with E-state index in [-0.39, 0.29) is 5.91 Å². The summed E-state index contributed by atoms with van der Waals surface area (Å²) in [6.45, 7) is 2.40. The van der Waals surface area contributed by atoms with Gasteiger partial charge in [0.05, 0.1) is 0 Å². The SMILES string of the molecule is CN(CCNC(=O)c1cccc(-c2ncc[nH]2)c1)CCc1ccccc1. The highest BCUT2D eigenvalue weighted by molar-refractivity contribution is 5.95. The Morgan fingerprint density at radius 3 is 2.73 bits per heavy atom. The summed E-state index contributed by atoms with van der Waals surface area (Å²) in [4.78, 5) is 21.9. The Morgan fingerprint density at radius 1 is 1.12 bits per heavy atom. The Kier molecular flexibility index (Phi) is 6.17. The molecule has 0 aliphatic carbocycles. The number of carbonyl (C=O) groups excluding carboxylic acids is 1. The number of hydrogen-bond donors (Lipinski definition) is 2. The van der Waals surface area contributed by atoms with Crippen LogP contribution in [0.5, 0.6) is 0 Å². The Morgan fingerprint density at radius 2 is 1.96 bits per heavy atom. The lowest BCUT2D eigenvalue weighted by molar-refractivity contribution is 0.0950. The van der Waals surface area contributed by atoms with Crippen LogP contribution in [-0.2, 0) is 6.42 Å². The topological polar surface area (TPSA) is 61.0 Å². The minimum absolute atomic E-state index is 0.0603. The number of nitrogens with one attached hydrogen (secondary N) is 2. The largest absolute Gasteiger partial charge is 0.351 e. The van der Waals surface area contributed by atoms with Crippen LogP contribution in [0.25, 0.3) is 11.4 Å². The van der Waals surface area contributed by atoms with E-state index in [4.69, 9.17) is 0 Å². The van der Waals surface area contributed by atoms with Gasteiger partial charge in [-0.3, -0.25) is 4.79 Å². The van der Waals surface area contributed by atoms with Gasteiger partial charge in [0.25, 0.3) is 5.91 Å². The average molecular weight is 348 g/mol. The van der Waals surface area contributed by atoms with Crippen molar-refractivity contribution in [2.45, 2.75) is 6.42 Å². The Bertz CT molecular complexity index is 815. The third-order valence-electron chi connectivity index (χ3n) is 4.30. The number of hydrogen-bond acceptors (Lipinski definition) is 3. The van der Waals surface area contributed by atoms with Gasteiger partial charge in [0.2, 0.25) is 0 Å². The first kappa shape index (κ1) is 17.9. The number of amides is 1. The minimum atomic E-state index is -0.0603. The molecular weight excluding hydrogens is 324 g/mol. The fourth-order valence-corrected chi connectivity index (χ4v) is 2.77.